The molecule has 82 valence electrons. The molecule has 1 heterocycles. The Labute approximate surface area is 95.6 Å². The Hall–Kier alpha value is -0.730. The van der Waals surface area contributed by atoms with Crippen LogP contribution in [0.15, 0.2) is 18.2 Å². The van der Waals surface area contributed by atoms with Crippen LogP contribution >= 0.6 is 11.6 Å². The van der Waals surface area contributed by atoms with Gasteiger partial charge in [0, 0.05) is 17.3 Å². The van der Waals surface area contributed by atoms with Gasteiger partial charge in [-0.05, 0) is 38.0 Å². The molecule has 2 nitrogen and oxygen atoms in total. The average molecular weight is 226 g/mol. The molecule has 0 radical (unpaired) electrons. The average Bonchev–Trinajstić information content (AvgIpc) is 2.58. The molecule has 0 spiro atoms. The van der Waals surface area contributed by atoms with E-state index in [9.17, 15) is 0 Å². The maximum absolute atomic E-state index is 5.97. The summed E-state index contributed by atoms with van der Waals surface area (Å²) in [5, 5.41) is 4.26. The van der Waals surface area contributed by atoms with Crippen molar-refractivity contribution >= 4 is 17.3 Å². The van der Waals surface area contributed by atoms with Crippen LogP contribution in [0.1, 0.15) is 18.9 Å². The second kappa shape index (κ2) is 4.42. The maximum atomic E-state index is 5.97. The Balaban J connectivity index is 2.12. The normalized spacial score (nSPS) is 25.5. The molecule has 0 saturated carbocycles. The van der Waals surface area contributed by atoms with Gasteiger partial charge in [-0.1, -0.05) is 17.7 Å². The fourth-order valence-corrected chi connectivity index (χ4v) is 2.04. The minimum absolute atomic E-state index is 0.281. The molecule has 1 aromatic carbocycles. The van der Waals surface area contributed by atoms with E-state index < -0.39 is 0 Å². The van der Waals surface area contributed by atoms with Gasteiger partial charge >= 0.3 is 0 Å². The van der Waals surface area contributed by atoms with Crippen molar-refractivity contribution in [1.29, 1.82) is 0 Å². The summed E-state index contributed by atoms with van der Waals surface area (Å²) in [7, 11) is 0. The Bertz CT molecular complexity index is 353. The van der Waals surface area contributed by atoms with Gasteiger partial charge in [0.1, 0.15) is 0 Å². The van der Waals surface area contributed by atoms with Crippen LogP contribution in [0, 0.1) is 6.92 Å². The summed E-state index contributed by atoms with van der Waals surface area (Å²) in [5.74, 6) is 0. The molecule has 0 amide bonds. The first-order valence-electron chi connectivity index (χ1n) is 5.31. The van der Waals surface area contributed by atoms with E-state index in [0.29, 0.717) is 6.04 Å². The number of hydrogen-bond acceptors (Lipinski definition) is 2. The number of benzene rings is 1. The smallest absolute Gasteiger partial charge is 0.0748 e. The third kappa shape index (κ3) is 2.44. The summed E-state index contributed by atoms with van der Waals surface area (Å²) in [6, 6.07) is 6.33. The largest absolute Gasteiger partial charge is 0.379 e. The molecule has 15 heavy (non-hydrogen) atoms. The van der Waals surface area contributed by atoms with Crippen molar-refractivity contribution in [1.82, 2.24) is 0 Å². The number of aryl methyl sites for hydroxylation is 1. The van der Waals surface area contributed by atoms with Crippen molar-refractivity contribution in [3.8, 4) is 0 Å². The second-order valence-electron chi connectivity index (χ2n) is 4.07. The Morgan fingerprint density at radius 2 is 2.27 bits per heavy atom. The lowest BCUT2D eigenvalue weighted by atomic mass is 10.1. The summed E-state index contributed by atoms with van der Waals surface area (Å²) in [5.41, 5.74) is 2.34. The van der Waals surface area contributed by atoms with Crippen LogP contribution in [0.2, 0.25) is 5.02 Å². The van der Waals surface area contributed by atoms with Crippen LogP contribution in [0.25, 0.3) is 0 Å². The molecule has 0 unspecified atom stereocenters. The van der Waals surface area contributed by atoms with Gasteiger partial charge in [0.2, 0.25) is 0 Å². The van der Waals surface area contributed by atoms with Crippen molar-refractivity contribution in [2.24, 2.45) is 0 Å². The first-order valence-corrected chi connectivity index (χ1v) is 5.69. The highest BCUT2D eigenvalue weighted by atomic mass is 35.5. The van der Waals surface area contributed by atoms with E-state index >= 15 is 0 Å². The van der Waals surface area contributed by atoms with Gasteiger partial charge in [-0.3, -0.25) is 0 Å². The molecule has 1 saturated heterocycles. The molecule has 1 aromatic rings. The number of rotatable bonds is 2. The monoisotopic (exact) mass is 225 g/mol. The van der Waals surface area contributed by atoms with Gasteiger partial charge in [-0.2, -0.15) is 0 Å². The minimum Gasteiger partial charge on any atom is -0.379 e. The number of anilines is 1. The molecular weight excluding hydrogens is 210 g/mol. The van der Waals surface area contributed by atoms with Crippen LogP contribution in [-0.4, -0.2) is 18.8 Å². The first-order chi connectivity index (χ1) is 7.16. The van der Waals surface area contributed by atoms with Gasteiger partial charge in [-0.25, -0.2) is 0 Å². The number of ether oxygens (including phenoxy) is 1. The molecule has 0 bridgehead atoms. The van der Waals surface area contributed by atoms with Crippen molar-refractivity contribution in [2.75, 3.05) is 11.9 Å². The highest BCUT2D eigenvalue weighted by Gasteiger charge is 2.24. The van der Waals surface area contributed by atoms with Crippen LogP contribution in [-0.2, 0) is 4.74 Å². The predicted octanol–water partition coefficient (Wildman–Crippen LogP) is 3.24. The Morgan fingerprint density at radius 3 is 2.93 bits per heavy atom. The van der Waals surface area contributed by atoms with E-state index in [1.165, 1.54) is 5.56 Å². The van der Waals surface area contributed by atoms with Crippen molar-refractivity contribution in [2.45, 2.75) is 32.4 Å². The molecular formula is C12H16ClNO. The molecule has 2 rings (SSSR count). The van der Waals surface area contributed by atoms with Crippen molar-refractivity contribution in [3.05, 3.63) is 28.8 Å². The van der Waals surface area contributed by atoms with Crippen molar-refractivity contribution < 1.29 is 4.74 Å². The van der Waals surface area contributed by atoms with E-state index in [-0.39, 0.29) is 6.10 Å². The van der Waals surface area contributed by atoms with E-state index in [4.69, 9.17) is 16.3 Å². The van der Waals surface area contributed by atoms with Gasteiger partial charge in [-0.15, -0.1) is 0 Å². The third-order valence-electron chi connectivity index (χ3n) is 2.92. The predicted molar refractivity (Wildman–Crippen MR) is 63.6 cm³/mol. The summed E-state index contributed by atoms with van der Waals surface area (Å²) < 4.78 is 5.51. The van der Waals surface area contributed by atoms with E-state index in [2.05, 4.69) is 19.2 Å². The Kier molecular flexibility index (Phi) is 3.17. The standard InChI is InChI=1S/C12H16ClNO/c1-8-3-4-10(13)7-12(8)14-11-5-6-15-9(11)2/h3-4,7,9,11,14H,5-6H2,1-2H3/t9-,11-/m1/s1. The SMILES string of the molecule is Cc1ccc(Cl)cc1N[C@@H]1CCO[C@@H]1C. The lowest BCUT2D eigenvalue weighted by Crippen LogP contribution is -2.26. The molecule has 0 aliphatic carbocycles. The quantitative estimate of drug-likeness (QED) is 0.835. The third-order valence-corrected chi connectivity index (χ3v) is 3.15. The van der Waals surface area contributed by atoms with Crippen LogP contribution in [0.3, 0.4) is 0 Å². The van der Waals surface area contributed by atoms with Crippen molar-refractivity contribution in [3.63, 3.8) is 0 Å². The molecule has 1 N–H and O–H groups in total. The topological polar surface area (TPSA) is 21.3 Å². The zero-order valence-electron chi connectivity index (χ0n) is 9.09. The highest BCUT2D eigenvalue weighted by Crippen LogP contribution is 2.24. The van der Waals surface area contributed by atoms with Crippen LogP contribution in [0.5, 0.6) is 0 Å². The fourth-order valence-electron chi connectivity index (χ4n) is 1.87. The molecule has 0 aromatic heterocycles. The zero-order chi connectivity index (χ0) is 10.8. The molecule has 2 atom stereocenters. The second-order valence-corrected chi connectivity index (χ2v) is 4.51. The molecule has 1 fully saturated rings. The highest BCUT2D eigenvalue weighted by molar-refractivity contribution is 6.30. The van der Waals surface area contributed by atoms with E-state index in [0.717, 1.165) is 23.7 Å². The van der Waals surface area contributed by atoms with Gasteiger partial charge in [0.05, 0.1) is 12.1 Å². The van der Waals surface area contributed by atoms with Crippen LogP contribution in [0.4, 0.5) is 5.69 Å². The lowest BCUT2D eigenvalue weighted by molar-refractivity contribution is 0.121. The number of halogens is 1. The Morgan fingerprint density at radius 1 is 1.47 bits per heavy atom. The summed E-state index contributed by atoms with van der Waals surface area (Å²) in [6.07, 6.45) is 1.34. The summed E-state index contributed by atoms with van der Waals surface area (Å²) in [6.45, 7) is 5.03. The molecule has 1 aliphatic heterocycles. The number of nitrogens with one attached hydrogen (secondary N) is 1. The fraction of sp³-hybridized carbons (Fsp3) is 0.500. The molecule has 3 heteroatoms. The summed E-state index contributed by atoms with van der Waals surface area (Å²) in [4.78, 5) is 0. The minimum atomic E-state index is 0.281. The first kappa shape index (κ1) is 10.8. The van der Waals surface area contributed by atoms with E-state index in [1.54, 1.807) is 0 Å². The van der Waals surface area contributed by atoms with E-state index in [1.807, 2.05) is 18.2 Å². The number of hydrogen-bond donors (Lipinski definition) is 1. The zero-order valence-corrected chi connectivity index (χ0v) is 9.84. The van der Waals surface area contributed by atoms with Gasteiger partial charge in [0.25, 0.3) is 0 Å². The molecule has 1 aliphatic rings. The van der Waals surface area contributed by atoms with Gasteiger partial charge < -0.3 is 10.1 Å². The van der Waals surface area contributed by atoms with Crippen LogP contribution < -0.4 is 5.32 Å². The lowest BCUT2D eigenvalue weighted by Gasteiger charge is -2.19. The van der Waals surface area contributed by atoms with Gasteiger partial charge in [0.15, 0.2) is 0 Å². The maximum Gasteiger partial charge on any atom is 0.0748 e. The summed E-state index contributed by atoms with van der Waals surface area (Å²) >= 11 is 5.97.